The van der Waals surface area contributed by atoms with Crippen LogP contribution in [0.1, 0.15) is 20.3 Å². The molecule has 0 saturated carbocycles. The van der Waals surface area contributed by atoms with Crippen LogP contribution in [0.5, 0.6) is 0 Å². The molecule has 4 heteroatoms. The number of carbonyl (C=O) groups is 1. The molecular formula is C6H12O3S. The van der Waals surface area contributed by atoms with E-state index in [2.05, 4.69) is 0 Å². The molecule has 0 aromatic carbocycles. The van der Waals surface area contributed by atoms with Crippen LogP contribution in [0.15, 0.2) is 0 Å². The second kappa shape index (κ2) is 3.71. The third-order valence-corrected chi connectivity index (χ3v) is 2.91. The highest BCUT2D eigenvalue weighted by Crippen LogP contribution is 1.93. The minimum Gasteiger partial charge on any atom is -0.300 e. The smallest absolute Gasteiger partial charge is 0.150 e. The van der Waals surface area contributed by atoms with Gasteiger partial charge in [-0.05, 0) is 6.92 Å². The summed E-state index contributed by atoms with van der Waals surface area (Å²) in [7, 11) is -2.94. The fourth-order valence-corrected chi connectivity index (χ4v) is 1.33. The van der Waals surface area contributed by atoms with E-state index in [1.807, 2.05) is 0 Å². The first-order valence-electron chi connectivity index (χ1n) is 3.18. The van der Waals surface area contributed by atoms with Crippen molar-refractivity contribution in [3.8, 4) is 0 Å². The van der Waals surface area contributed by atoms with Gasteiger partial charge in [-0.3, -0.25) is 4.79 Å². The number of carbonyl (C=O) groups excluding carboxylic acids is 1. The summed E-state index contributed by atoms with van der Waals surface area (Å²) in [6.07, 6.45) is 0.149. The first-order chi connectivity index (χ1) is 4.48. The van der Waals surface area contributed by atoms with Crippen LogP contribution in [0.3, 0.4) is 0 Å². The molecule has 0 atom stereocenters. The van der Waals surface area contributed by atoms with Gasteiger partial charge in [0.1, 0.15) is 15.6 Å². The van der Waals surface area contributed by atoms with Crippen molar-refractivity contribution in [1.29, 1.82) is 0 Å². The summed E-state index contributed by atoms with van der Waals surface area (Å²) < 4.78 is 21.5. The first kappa shape index (κ1) is 9.62. The van der Waals surface area contributed by atoms with E-state index in [-0.39, 0.29) is 23.7 Å². The number of hydrogen-bond acceptors (Lipinski definition) is 3. The van der Waals surface area contributed by atoms with Gasteiger partial charge in [0, 0.05) is 12.2 Å². The molecule has 0 rings (SSSR count). The molecule has 0 bridgehead atoms. The monoisotopic (exact) mass is 164 g/mol. The van der Waals surface area contributed by atoms with Crippen LogP contribution in [0.4, 0.5) is 0 Å². The fourth-order valence-electron chi connectivity index (χ4n) is 0.444. The summed E-state index contributed by atoms with van der Waals surface area (Å²) in [6.45, 7) is 2.97. The summed E-state index contributed by atoms with van der Waals surface area (Å²) in [5, 5.41) is 0. The van der Waals surface area contributed by atoms with Crippen LogP contribution in [0, 0.1) is 0 Å². The summed E-state index contributed by atoms with van der Waals surface area (Å²) in [6, 6.07) is 0. The van der Waals surface area contributed by atoms with E-state index in [4.69, 9.17) is 0 Å². The highest BCUT2D eigenvalue weighted by Gasteiger charge is 2.07. The second-order valence-electron chi connectivity index (χ2n) is 2.19. The molecule has 3 nitrogen and oxygen atoms in total. The topological polar surface area (TPSA) is 51.2 Å². The van der Waals surface area contributed by atoms with E-state index < -0.39 is 9.84 Å². The highest BCUT2D eigenvalue weighted by molar-refractivity contribution is 7.91. The van der Waals surface area contributed by atoms with Gasteiger partial charge in [-0.1, -0.05) is 6.92 Å². The van der Waals surface area contributed by atoms with E-state index in [1.165, 1.54) is 6.92 Å². The average Bonchev–Trinajstić information content (AvgIpc) is 1.85. The van der Waals surface area contributed by atoms with Crippen molar-refractivity contribution < 1.29 is 13.2 Å². The van der Waals surface area contributed by atoms with Crippen LogP contribution < -0.4 is 0 Å². The van der Waals surface area contributed by atoms with Gasteiger partial charge in [0.15, 0.2) is 0 Å². The van der Waals surface area contributed by atoms with Crippen molar-refractivity contribution in [1.82, 2.24) is 0 Å². The van der Waals surface area contributed by atoms with Crippen molar-refractivity contribution in [2.45, 2.75) is 20.3 Å². The van der Waals surface area contributed by atoms with Crippen molar-refractivity contribution in [3.63, 3.8) is 0 Å². The lowest BCUT2D eigenvalue weighted by Crippen LogP contribution is -2.11. The number of sulfone groups is 1. The third-order valence-electron chi connectivity index (χ3n) is 1.20. The van der Waals surface area contributed by atoms with Gasteiger partial charge in [0.05, 0.1) is 5.75 Å². The normalized spacial score (nSPS) is 11.4. The Balaban J connectivity index is 3.81. The van der Waals surface area contributed by atoms with E-state index in [1.54, 1.807) is 6.92 Å². The molecule has 0 spiro atoms. The Bertz CT molecular complexity index is 203. The quantitative estimate of drug-likeness (QED) is 0.604. The van der Waals surface area contributed by atoms with Crippen LogP contribution in [0.25, 0.3) is 0 Å². The number of hydrogen-bond donors (Lipinski definition) is 0. The van der Waals surface area contributed by atoms with Crippen molar-refractivity contribution in [2.24, 2.45) is 0 Å². The van der Waals surface area contributed by atoms with Gasteiger partial charge in [-0.2, -0.15) is 0 Å². The maximum Gasteiger partial charge on any atom is 0.150 e. The lowest BCUT2D eigenvalue weighted by atomic mass is 10.4. The average molecular weight is 164 g/mol. The zero-order chi connectivity index (χ0) is 8.20. The lowest BCUT2D eigenvalue weighted by molar-refractivity contribution is -0.116. The van der Waals surface area contributed by atoms with Crippen molar-refractivity contribution in [3.05, 3.63) is 0 Å². The summed E-state index contributed by atoms with van der Waals surface area (Å²) >= 11 is 0. The van der Waals surface area contributed by atoms with E-state index in [0.717, 1.165) is 0 Å². The minimum absolute atomic E-state index is 0.00116. The molecule has 0 saturated heterocycles. The SMILES string of the molecule is CCS(=O)(=O)CCC(C)=O. The Morgan fingerprint density at radius 3 is 2.20 bits per heavy atom. The van der Waals surface area contributed by atoms with Gasteiger partial charge < -0.3 is 0 Å². The summed E-state index contributed by atoms with van der Waals surface area (Å²) in [5.41, 5.74) is 0. The van der Waals surface area contributed by atoms with Gasteiger partial charge in [0.2, 0.25) is 0 Å². The molecule has 0 aromatic heterocycles. The van der Waals surface area contributed by atoms with Crippen LogP contribution in [-0.2, 0) is 14.6 Å². The van der Waals surface area contributed by atoms with Crippen LogP contribution >= 0.6 is 0 Å². The van der Waals surface area contributed by atoms with Crippen LogP contribution in [-0.4, -0.2) is 25.7 Å². The van der Waals surface area contributed by atoms with E-state index in [9.17, 15) is 13.2 Å². The molecule has 0 aliphatic heterocycles. The third kappa shape index (κ3) is 4.49. The first-order valence-corrected chi connectivity index (χ1v) is 5.00. The molecule has 0 aliphatic carbocycles. The molecule has 0 radical (unpaired) electrons. The largest absolute Gasteiger partial charge is 0.300 e. The number of Topliss-reactive ketones (excluding diaryl/α,β-unsaturated/α-hetero) is 1. The van der Waals surface area contributed by atoms with E-state index >= 15 is 0 Å². The molecule has 10 heavy (non-hydrogen) atoms. The molecule has 0 fully saturated rings. The Hall–Kier alpha value is -0.380. The fraction of sp³-hybridized carbons (Fsp3) is 0.833. The van der Waals surface area contributed by atoms with Crippen LogP contribution in [0.2, 0.25) is 0 Å². The summed E-state index contributed by atoms with van der Waals surface area (Å²) in [4.78, 5) is 10.3. The summed E-state index contributed by atoms with van der Waals surface area (Å²) in [5.74, 6) is 0.0519. The van der Waals surface area contributed by atoms with Gasteiger partial charge >= 0.3 is 0 Å². The molecule has 0 heterocycles. The molecule has 0 unspecified atom stereocenters. The van der Waals surface area contributed by atoms with Crippen molar-refractivity contribution in [2.75, 3.05) is 11.5 Å². The van der Waals surface area contributed by atoms with Gasteiger partial charge in [-0.25, -0.2) is 8.42 Å². The molecule has 0 aromatic rings. The number of rotatable bonds is 4. The Morgan fingerprint density at radius 1 is 1.40 bits per heavy atom. The van der Waals surface area contributed by atoms with Crippen molar-refractivity contribution >= 4 is 15.6 Å². The van der Waals surface area contributed by atoms with Gasteiger partial charge in [0.25, 0.3) is 0 Å². The second-order valence-corrected chi connectivity index (χ2v) is 4.66. The van der Waals surface area contributed by atoms with Gasteiger partial charge in [-0.15, -0.1) is 0 Å². The Labute approximate surface area is 61.4 Å². The Morgan fingerprint density at radius 2 is 1.90 bits per heavy atom. The Kier molecular flexibility index (Phi) is 3.57. The molecule has 0 N–H and O–H groups in total. The predicted octanol–water partition coefficient (Wildman–Crippen LogP) is 0.400. The zero-order valence-corrected chi connectivity index (χ0v) is 7.07. The maximum atomic E-state index is 10.8. The predicted molar refractivity (Wildman–Crippen MR) is 39.6 cm³/mol. The highest BCUT2D eigenvalue weighted by atomic mass is 32.2. The molecular weight excluding hydrogens is 152 g/mol. The number of ketones is 1. The minimum atomic E-state index is -2.94. The molecule has 0 aliphatic rings. The molecule has 0 amide bonds. The lowest BCUT2D eigenvalue weighted by Gasteiger charge is -1.96. The molecule has 60 valence electrons. The standard InChI is InChI=1S/C6H12O3S/c1-3-10(8,9)5-4-6(2)7/h3-5H2,1-2H3. The van der Waals surface area contributed by atoms with E-state index in [0.29, 0.717) is 0 Å². The maximum absolute atomic E-state index is 10.8. The zero-order valence-electron chi connectivity index (χ0n) is 6.25.